The van der Waals surface area contributed by atoms with E-state index in [4.69, 9.17) is 0 Å². The molecule has 0 spiro atoms. The van der Waals surface area contributed by atoms with Gasteiger partial charge >= 0.3 is 5.97 Å². The molecule has 5 nitrogen and oxygen atoms in total. The van der Waals surface area contributed by atoms with E-state index in [1.807, 2.05) is 19.2 Å². The second-order valence-electron chi connectivity index (χ2n) is 4.37. The number of rotatable bonds is 4. The van der Waals surface area contributed by atoms with Crippen molar-refractivity contribution in [2.75, 3.05) is 0 Å². The average molecular weight is 337 g/mol. The highest BCUT2D eigenvalue weighted by Gasteiger charge is 2.18. The van der Waals surface area contributed by atoms with Crippen LogP contribution in [0.25, 0.3) is 10.2 Å². The maximum Gasteiger partial charge on any atom is 0.346 e. The number of aromatic carboxylic acids is 1. The van der Waals surface area contributed by atoms with Crippen molar-refractivity contribution in [2.45, 2.75) is 24.6 Å². The first-order valence-corrected chi connectivity index (χ1v) is 8.75. The number of carbonyl (C=O) groups is 1. The van der Waals surface area contributed by atoms with Crippen LogP contribution < -0.4 is 0 Å². The van der Waals surface area contributed by atoms with Gasteiger partial charge in [-0.05, 0) is 19.4 Å². The largest absolute Gasteiger partial charge is 0.477 e. The standard InChI is InChI=1S/C13H11N3O2S3/c1-6-9-11(20-4-8-3-19-7(2)16-8)14-5-15-12(9)21-10(6)13(17)18/h3,5H,4H2,1-2H3,(H,17,18). The molecule has 0 radical (unpaired) electrons. The number of thiazole rings is 1. The molecule has 108 valence electrons. The normalized spacial score (nSPS) is 11.1. The van der Waals surface area contributed by atoms with Crippen LogP contribution in [0.1, 0.15) is 25.9 Å². The third-order valence-electron chi connectivity index (χ3n) is 2.91. The molecule has 8 heteroatoms. The number of hydrogen-bond donors (Lipinski definition) is 1. The van der Waals surface area contributed by atoms with Gasteiger partial charge in [-0.1, -0.05) is 11.8 Å². The lowest BCUT2D eigenvalue weighted by atomic mass is 10.2. The zero-order valence-electron chi connectivity index (χ0n) is 11.3. The van der Waals surface area contributed by atoms with Crippen LogP contribution in [-0.4, -0.2) is 26.0 Å². The highest BCUT2D eigenvalue weighted by molar-refractivity contribution is 7.98. The monoisotopic (exact) mass is 337 g/mol. The second-order valence-corrected chi connectivity index (χ2v) is 7.39. The van der Waals surface area contributed by atoms with Gasteiger partial charge < -0.3 is 5.11 Å². The van der Waals surface area contributed by atoms with E-state index in [1.54, 1.807) is 23.1 Å². The van der Waals surface area contributed by atoms with E-state index in [9.17, 15) is 9.90 Å². The topological polar surface area (TPSA) is 76.0 Å². The summed E-state index contributed by atoms with van der Waals surface area (Å²) in [6.07, 6.45) is 1.48. The second kappa shape index (κ2) is 5.70. The first-order valence-electron chi connectivity index (χ1n) is 6.07. The summed E-state index contributed by atoms with van der Waals surface area (Å²) in [7, 11) is 0. The molecule has 0 aliphatic carbocycles. The Hall–Kier alpha value is -1.51. The number of nitrogens with zero attached hydrogens (tertiary/aromatic N) is 3. The van der Waals surface area contributed by atoms with E-state index < -0.39 is 5.97 Å². The van der Waals surface area contributed by atoms with Gasteiger partial charge in [0.25, 0.3) is 0 Å². The molecule has 0 unspecified atom stereocenters. The summed E-state index contributed by atoms with van der Waals surface area (Å²) < 4.78 is 0. The van der Waals surface area contributed by atoms with Crippen LogP contribution in [0.4, 0.5) is 0 Å². The SMILES string of the molecule is Cc1nc(CSc2ncnc3sc(C(=O)O)c(C)c23)cs1. The number of carboxylic acids is 1. The summed E-state index contributed by atoms with van der Waals surface area (Å²) >= 11 is 4.38. The number of aryl methyl sites for hydroxylation is 2. The molecule has 0 aliphatic rings. The number of carboxylic acid groups (broad SMARTS) is 1. The molecule has 3 aromatic heterocycles. The molecule has 0 aliphatic heterocycles. The Kier molecular flexibility index (Phi) is 3.92. The van der Waals surface area contributed by atoms with Gasteiger partial charge in [0.1, 0.15) is 21.1 Å². The van der Waals surface area contributed by atoms with Crippen molar-refractivity contribution in [3.63, 3.8) is 0 Å². The predicted molar refractivity (Wildman–Crippen MR) is 85.5 cm³/mol. The van der Waals surface area contributed by atoms with Crippen molar-refractivity contribution in [1.82, 2.24) is 15.0 Å². The molecule has 3 rings (SSSR count). The van der Waals surface area contributed by atoms with Gasteiger partial charge in [-0.3, -0.25) is 0 Å². The minimum absolute atomic E-state index is 0.330. The average Bonchev–Trinajstić information content (AvgIpc) is 3.01. The minimum atomic E-state index is -0.915. The summed E-state index contributed by atoms with van der Waals surface area (Å²) in [6, 6.07) is 0. The van der Waals surface area contributed by atoms with Gasteiger partial charge in [-0.15, -0.1) is 22.7 Å². The van der Waals surface area contributed by atoms with Crippen molar-refractivity contribution in [3.8, 4) is 0 Å². The van der Waals surface area contributed by atoms with Crippen LogP contribution in [0.15, 0.2) is 16.7 Å². The number of thiophene rings is 1. The zero-order valence-corrected chi connectivity index (χ0v) is 13.7. The van der Waals surface area contributed by atoms with E-state index >= 15 is 0 Å². The molecule has 3 aromatic rings. The molecule has 0 atom stereocenters. The fourth-order valence-electron chi connectivity index (χ4n) is 1.97. The van der Waals surface area contributed by atoms with Crippen LogP contribution in [0.5, 0.6) is 0 Å². The smallest absolute Gasteiger partial charge is 0.346 e. The lowest BCUT2D eigenvalue weighted by Crippen LogP contribution is -1.94. The van der Waals surface area contributed by atoms with E-state index in [2.05, 4.69) is 15.0 Å². The van der Waals surface area contributed by atoms with Gasteiger partial charge in [-0.2, -0.15) is 0 Å². The van der Waals surface area contributed by atoms with E-state index in [-0.39, 0.29) is 0 Å². The Balaban J connectivity index is 1.96. The third-order valence-corrected chi connectivity index (χ3v) is 5.94. The van der Waals surface area contributed by atoms with Gasteiger partial charge in [0, 0.05) is 16.5 Å². The molecule has 0 aromatic carbocycles. The Morgan fingerprint density at radius 1 is 1.38 bits per heavy atom. The van der Waals surface area contributed by atoms with Crippen LogP contribution in [0.2, 0.25) is 0 Å². The summed E-state index contributed by atoms with van der Waals surface area (Å²) in [5.74, 6) is -0.199. The van der Waals surface area contributed by atoms with Crippen LogP contribution in [0, 0.1) is 13.8 Å². The molecule has 21 heavy (non-hydrogen) atoms. The lowest BCUT2D eigenvalue weighted by Gasteiger charge is -2.01. The molecule has 3 heterocycles. The first-order chi connectivity index (χ1) is 10.1. The molecular weight excluding hydrogens is 326 g/mol. The minimum Gasteiger partial charge on any atom is -0.477 e. The highest BCUT2D eigenvalue weighted by Crippen LogP contribution is 2.36. The quantitative estimate of drug-likeness (QED) is 0.577. The number of fused-ring (bicyclic) bond motifs is 1. The fourth-order valence-corrected chi connectivity index (χ4v) is 4.69. The van der Waals surface area contributed by atoms with Crippen molar-refractivity contribution in [3.05, 3.63) is 32.8 Å². The molecule has 1 N–H and O–H groups in total. The molecule has 0 bridgehead atoms. The van der Waals surface area contributed by atoms with Crippen molar-refractivity contribution in [2.24, 2.45) is 0 Å². The van der Waals surface area contributed by atoms with Gasteiger partial charge in [0.05, 0.1) is 10.7 Å². The Morgan fingerprint density at radius 3 is 2.86 bits per heavy atom. The zero-order chi connectivity index (χ0) is 15.0. The lowest BCUT2D eigenvalue weighted by molar-refractivity contribution is 0.0701. The van der Waals surface area contributed by atoms with E-state index in [0.717, 1.165) is 31.5 Å². The first kappa shape index (κ1) is 14.4. The van der Waals surface area contributed by atoms with E-state index in [0.29, 0.717) is 10.6 Å². The van der Waals surface area contributed by atoms with Crippen LogP contribution in [0.3, 0.4) is 0 Å². The number of hydrogen-bond acceptors (Lipinski definition) is 7. The summed E-state index contributed by atoms with van der Waals surface area (Å²) in [5.41, 5.74) is 1.75. The van der Waals surface area contributed by atoms with Crippen molar-refractivity contribution in [1.29, 1.82) is 0 Å². The predicted octanol–water partition coefficient (Wildman–Crippen LogP) is 3.76. The Morgan fingerprint density at radius 2 is 2.19 bits per heavy atom. The Labute approximate surface area is 133 Å². The summed E-state index contributed by atoms with van der Waals surface area (Å²) in [5, 5.41) is 13.9. The molecule has 0 amide bonds. The van der Waals surface area contributed by atoms with Gasteiger partial charge in [0.2, 0.25) is 0 Å². The maximum absolute atomic E-state index is 11.2. The van der Waals surface area contributed by atoms with Crippen LogP contribution in [-0.2, 0) is 5.75 Å². The molecule has 0 fully saturated rings. The number of thioether (sulfide) groups is 1. The highest BCUT2D eigenvalue weighted by atomic mass is 32.2. The van der Waals surface area contributed by atoms with Crippen LogP contribution >= 0.6 is 34.4 Å². The molecule has 0 saturated heterocycles. The number of aromatic nitrogens is 3. The molecule has 0 saturated carbocycles. The molecular formula is C13H11N3O2S3. The Bertz CT molecular complexity index is 825. The van der Waals surface area contributed by atoms with Crippen molar-refractivity contribution >= 4 is 50.6 Å². The maximum atomic E-state index is 11.2. The third kappa shape index (κ3) is 2.78. The van der Waals surface area contributed by atoms with E-state index in [1.165, 1.54) is 17.7 Å². The summed E-state index contributed by atoms with van der Waals surface area (Å²) in [4.78, 5) is 25.2. The fraction of sp³-hybridized carbons (Fsp3) is 0.231. The van der Waals surface area contributed by atoms with Gasteiger partial charge in [-0.25, -0.2) is 19.7 Å². The summed E-state index contributed by atoms with van der Waals surface area (Å²) in [6.45, 7) is 3.78. The van der Waals surface area contributed by atoms with Crippen molar-refractivity contribution < 1.29 is 9.90 Å². The van der Waals surface area contributed by atoms with Gasteiger partial charge in [0.15, 0.2) is 0 Å².